The van der Waals surface area contributed by atoms with Gasteiger partial charge in [-0.2, -0.15) is 5.10 Å². The first kappa shape index (κ1) is 21.0. The summed E-state index contributed by atoms with van der Waals surface area (Å²) >= 11 is 0. The lowest BCUT2D eigenvalue weighted by Crippen LogP contribution is -2.36. The number of aliphatic hydroxyl groups excluding tert-OH is 1. The molecule has 2 rings (SSSR count). The zero-order valence-corrected chi connectivity index (χ0v) is 16.4. The number of nitrogens with zero attached hydrogens (tertiary/aromatic N) is 3. The highest BCUT2D eigenvalue weighted by molar-refractivity contribution is 5.24. The van der Waals surface area contributed by atoms with E-state index in [1.807, 2.05) is 34.6 Å². The van der Waals surface area contributed by atoms with Gasteiger partial charge < -0.3 is 9.84 Å². The first-order valence-corrected chi connectivity index (χ1v) is 8.85. The van der Waals surface area contributed by atoms with Crippen molar-refractivity contribution in [3.05, 3.63) is 53.6 Å². The van der Waals surface area contributed by atoms with Gasteiger partial charge in [0.05, 0.1) is 12.1 Å². The molecule has 0 spiro atoms. The number of benzene rings is 1. The number of ether oxygens (including phenoxy) is 1. The van der Waals surface area contributed by atoms with Crippen LogP contribution in [-0.4, -0.2) is 32.6 Å². The molecule has 2 unspecified atom stereocenters. The van der Waals surface area contributed by atoms with Gasteiger partial charge in [0.25, 0.3) is 0 Å². The Kier molecular flexibility index (Phi) is 6.70. The molecule has 27 heavy (non-hydrogen) atoms. The molecule has 1 aromatic heterocycles. The van der Waals surface area contributed by atoms with Crippen LogP contribution in [0.2, 0.25) is 0 Å². The van der Waals surface area contributed by atoms with E-state index in [1.54, 1.807) is 11.0 Å². The van der Waals surface area contributed by atoms with E-state index in [1.165, 1.54) is 12.4 Å². The molecule has 0 saturated carbocycles. The summed E-state index contributed by atoms with van der Waals surface area (Å²) in [5.74, 6) is -1.58. The third-order valence-electron chi connectivity index (χ3n) is 4.62. The van der Waals surface area contributed by atoms with Gasteiger partial charge in [0, 0.05) is 6.07 Å². The average molecular weight is 379 g/mol. The Morgan fingerprint density at radius 1 is 1.19 bits per heavy atom. The van der Waals surface area contributed by atoms with Crippen LogP contribution in [0.15, 0.2) is 42.0 Å². The minimum absolute atomic E-state index is 0.243. The fourth-order valence-corrected chi connectivity index (χ4v) is 2.68. The van der Waals surface area contributed by atoms with Crippen molar-refractivity contribution in [1.82, 2.24) is 14.8 Å². The van der Waals surface area contributed by atoms with E-state index in [2.05, 4.69) is 10.1 Å². The summed E-state index contributed by atoms with van der Waals surface area (Å²) in [6.45, 7) is 10.0. The summed E-state index contributed by atoms with van der Waals surface area (Å²) in [6.07, 6.45) is 2.98. The maximum atomic E-state index is 13.3. The summed E-state index contributed by atoms with van der Waals surface area (Å²) < 4.78 is 33.5. The molecule has 0 aliphatic rings. The Labute approximate surface area is 158 Å². The van der Waals surface area contributed by atoms with E-state index in [-0.39, 0.29) is 23.8 Å². The molecule has 0 saturated heterocycles. The molecule has 148 valence electrons. The maximum absolute atomic E-state index is 13.3. The predicted octanol–water partition coefficient (Wildman–Crippen LogP) is 4.31. The molecule has 7 heteroatoms. The molecular formula is C20H27F2N3O2. The lowest BCUT2D eigenvalue weighted by molar-refractivity contribution is 0.0123. The molecule has 1 aromatic carbocycles. The number of rotatable bonds is 7. The lowest BCUT2D eigenvalue weighted by atomic mass is 9.82. The largest absolute Gasteiger partial charge is 0.489 e. The van der Waals surface area contributed by atoms with Crippen LogP contribution < -0.4 is 4.74 Å². The van der Waals surface area contributed by atoms with E-state index in [4.69, 9.17) is 4.74 Å². The zero-order chi connectivity index (χ0) is 20.2. The molecule has 5 nitrogen and oxygen atoms in total. The Morgan fingerprint density at radius 3 is 2.44 bits per heavy atom. The van der Waals surface area contributed by atoms with E-state index in [9.17, 15) is 13.9 Å². The second kappa shape index (κ2) is 8.61. The quantitative estimate of drug-likeness (QED) is 0.728. The van der Waals surface area contributed by atoms with Gasteiger partial charge in [-0.3, -0.25) is 0 Å². The van der Waals surface area contributed by atoms with Crippen molar-refractivity contribution in [2.24, 2.45) is 5.41 Å². The van der Waals surface area contributed by atoms with Crippen molar-refractivity contribution in [3.63, 3.8) is 0 Å². The normalized spacial score (nSPS) is 15.3. The van der Waals surface area contributed by atoms with Crippen LogP contribution in [0.4, 0.5) is 8.78 Å². The highest BCUT2D eigenvalue weighted by Gasteiger charge is 2.32. The smallest absolute Gasteiger partial charge is 0.162 e. The SMILES string of the molecule is CC(COc1ccc(F)c(F)c1)=C(C)CC(C(O)C(C)(C)C)n1cncn1. The van der Waals surface area contributed by atoms with Crippen LogP contribution >= 0.6 is 0 Å². The van der Waals surface area contributed by atoms with E-state index in [0.717, 1.165) is 23.3 Å². The summed E-state index contributed by atoms with van der Waals surface area (Å²) in [7, 11) is 0. The van der Waals surface area contributed by atoms with Crippen molar-refractivity contribution >= 4 is 0 Å². The topological polar surface area (TPSA) is 60.2 Å². The van der Waals surface area contributed by atoms with Crippen molar-refractivity contribution < 1.29 is 18.6 Å². The van der Waals surface area contributed by atoms with Gasteiger partial charge in [-0.1, -0.05) is 26.3 Å². The van der Waals surface area contributed by atoms with Crippen LogP contribution in [0.25, 0.3) is 0 Å². The maximum Gasteiger partial charge on any atom is 0.162 e. The minimum atomic E-state index is -0.939. The van der Waals surface area contributed by atoms with E-state index in [0.29, 0.717) is 6.42 Å². The van der Waals surface area contributed by atoms with Crippen LogP contribution in [0.1, 0.15) is 47.1 Å². The molecule has 0 fully saturated rings. The summed E-state index contributed by atoms with van der Waals surface area (Å²) in [5.41, 5.74) is 1.65. The fraction of sp³-hybridized carbons (Fsp3) is 0.500. The van der Waals surface area contributed by atoms with Gasteiger partial charge in [0.2, 0.25) is 0 Å². The number of hydrogen-bond acceptors (Lipinski definition) is 4. The molecule has 0 bridgehead atoms. The molecule has 2 aromatic rings. The number of hydrogen-bond donors (Lipinski definition) is 1. The number of aromatic nitrogens is 3. The number of aliphatic hydroxyl groups is 1. The highest BCUT2D eigenvalue weighted by Crippen LogP contribution is 2.32. The van der Waals surface area contributed by atoms with Crippen LogP contribution in [-0.2, 0) is 0 Å². The molecule has 0 amide bonds. The summed E-state index contributed by atoms with van der Waals surface area (Å²) in [4.78, 5) is 3.98. The molecular weight excluding hydrogens is 352 g/mol. The van der Waals surface area contributed by atoms with Gasteiger partial charge in [0.1, 0.15) is 25.0 Å². The lowest BCUT2D eigenvalue weighted by Gasteiger charge is -2.33. The van der Waals surface area contributed by atoms with Crippen molar-refractivity contribution in [2.75, 3.05) is 6.61 Å². The molecule has 1 heterocycles. The van der Waals surface area contributed by atoms with Gasteiger partial charge in [-0.05, 0) is 43.4 Å². The second-order valence-electron chi connectivity index (χ2n) is 7.88. The Balaban J connectivity index is 2.12. The predicted molar refractivity (Wildman–Crippen MR) is 99.4 cm³/mol. The van der Waals surface area contributed by atoms with Crippen LogP contribution in [0.3, 0.4) is 0 Å². The third kappa shape index (κ3) is 5.60. The zero-order valence-electron chi connectivity index (χ0n) is 16.4. The second-order valence-corrected chi connectivity index (χ2v) is 7.88. The van der Waals surface area contributed by atoms with Crippen molar-refractivity contribution in [3.8, 4) is 5.75 Å². The summed E-state index contributed by atoms with van der Waals surface area (Å²) in [5, 5.41) is 15.0. The molecule has 0 radical (unpaired) electrons. The minimum Gasteiger partial charge on any atom is -0.489 e. The Bertz CT molecular complexity index is 783. The van der Waals surface area contributed by atoms with Gasteiger partial charge in [-0.15, -0.1) is 0 Å². The fourth-order valence-electron chi connectivity index (χ4n) is 2.68. The van der Waals surface area contributed by atoms with Gasteiger partial charge in [-0.25, -0.2) is 18.4 Å². The van der Waals surface area contributed by atoms with E-state index < -0.39 is 17.7 Å². The summed E-state index contributed by atoms with van der Waals surface area (Å²) in [6, 6.07) is 3.18. The third-order valence-corrected chi connectivity index (χ3v) is 4.62. The van der Waals surface area contributed by atoms with E-state index >= 15 is 0 Å². The molecule has 2 atom stereocenters. The van der Waals surface area contributed by atoms with Crippen LogP contribution in [0.5, 0.6) is 5.75 Å². The standard InChI is InChI=1S/C20H27F2N3O2/c1-13(14(2)10-27-15-6-7-16(21)17(22)9-15)8-18(19(26)20(3,4)5)25-12-23-11-24-25/h6-7,9,11-12,18-19,26H,8,10H2,1-5H3. The highest BCUT2D eigenvalue weighted by atomic mass is 19.2. The van der Waals surface area contributed by atoms with Crippen molar-refractivity contribution in [1.29, 1.82) is 0 Å². The number of allylic oxidation sites excluding steroid dienone is 1. The monoisotopic (exact) mass is 379 g/mol. The van der Waals surface area contributed by atoms with Crippen LogP contribution in [0, 0.1) is 17.0 Å². The average Bonchev–Trinajstić information content (AvgIpc) is 3.13. The molecule has 1 N–H and O–H groups in total. The van der Waals surface area contributed by atoms with Gasteiger partial charge >= 0.3 is 0 Å². The molecule has 0 aliphatic heterocycles. The van der Waals surface area contributed by atoms with Crippen molar-refractivity contribution in [2.45, 2.75) is 53.2 Å². The number of halogens is 2. The van der Waals surface area contributed by atoms with Gasteiger partial charge in [0.15, 0.2) is 11.6 Å². The molecule has 0 aliphatic carbocycles. The first-order chi connectivity index (χ1) is 12.6. The Morgan fingerprint density at radius 2 is 1.89 bits per heavy atom. The Hall–Kier alpha value is -2.28. The first-order valence-electron chi connectivity index (χ1n) is 8.85.